The van der Waals surface area contributed by atoms with E-state index in [4.69, 9.17) is 4.74 Å². The van der Waals surface area contributed by atoms with E-state index in [0.29, 0.717) is 0 Å². The number of allylic oxidation sites excluding steroid dienone is 2. The van der Waals surface area contributed by atoms with E-state index in [0.717, 1.165) is 22.8 Å². The Bertz CT molecular complexity index is 3530. The van der Waals surface area contributed by atoms with Crippen LogP contribution in [0.15, 0.2) is 200 Å². The summed E-state index contributed by atoms with van der Waals surface area (Å²) in [7, 11) is 0. The van der Waals surface area contributed by atoms with Crippen LogP contribution in [0.5, 0.6) is 5.75 Å². The lowest BCUT2D eigenvalue weighted by atomic mass is 9.89. The van der Waals surface area contributed by atoms with E-state index in [-0.39, 0.29) is 12.0 Å². The van der Waals surface area contributed by atoms with E-state index in [9.17, 15) is 0 Å². The molecule has 2 aliphatic rings. The summed E-state index contributed by atoms with van der Waals surface area (Å²) in [5, 5.41) is 7.54. The average Bonchev–Trinajstić information content (AvgIpc) is 4.03. The summed E-state index contributed by atoms with van der Waals surface area (Å²) in [5.74, 6) is 1.17. The van der Waals surface area contributed by atoms with E-state index < -0.39 is 0 Å². The van der Waals surface area contributed by atoms with Gasteiger partial charge in [-0.1, -0.05) is 109 Å². The normalized spacial score (nSPS) is 15.9. The van der Waals surface area contributed by atoms with Gasteiger partial charge in [0, 0.05) is 60.9 Å². The summed E-state index contributed by atoms with van der Waals surface area (Å²) in [6.07, 6.45) is 8.77. The highest BCUT2D eigenvalue weighted by Crippen LogP contribution is 2.49. The highest BCUT2D eigenvalue weighted by atomic mass is 16.5. The summed E-state index contributed by atoms with van der Waals surface area (Å²) in [5.41, 5.74) is 14.3. The molecule has 11 aromatic rings. The highest BCUT2D eigenvalue weighted by molar-refractivity contribution is 6.29. The lowest BCUT2D eigenvalue weighted by molar-refractivity contribution is 0.269. The topological polar surface area (TPSA) is 24.0 Å². The third kappa shape index (κ3) is 4.34. The van der Waals surface area contributed by atoms with Crippen LogP contribution in [-0.2, 0) is 0 Å². The Morgan fingerprint density at radius 1 is 0.362 bits per heavy atom. The molecule has 4 heterocycles. The molecule has 1 aliphatic heterocycles. The first kappa shape index (κ1) is 31.6. The smallest absolute Gasteiger partial charge is 0.128 e. The minimum atomic E-state index is 0.0259. The van der Waals surface area contributed by atoms with Gasteiger partial charge in [-0.2, -0.15) is 0 Å². The largest absolute Gasteiger partial charge is 0.485 e. The van der Waals surface area contributed by atoms with Crippen LogP contribution >= 0.6 is 0 Å². The minimum Gasteiger partial charge on any atom is -0.485 e. The summed E-state index contributed by atoms with van der Waals surface area (Å²) in [4.78, 5) is 0. The van der Waals surface area contributed by atoms with Crippen LogP contribution in [0.1, 0.15) is 11.5 Å². The van der Waals surface area contributed by atoms with Crippen LogP contribution in [0.3, 0.4) is 0 Å². The molecule has 4 nitrogen and oxygen atoms in total. The van der Waals surface area contributed by atoms with Crippen molar-refractivity contribution in [3.8, 4) is 33.9 Å². The van der Waals surface area contributed by atoms with Gasteiger partial charge in [-0.15, -0.1) is 0 Å². The predicted molar refractivity (Wildman–Crippen MR) is 240 cm³/mol. The van der Waals surface area contributed by atoms with Crippen LogP contribution in [0.2, 0.25) is 0 Å². The van der Waals surface area contributed by atoms with Crippen LogP contribution < -0.4 is 4.74 Å². The van der Waals surface area contributed by atoms with Crippen molar-refractivity contribution in [3.05, 3.63) is 206 Å². The molecule has 8 aromatic carbocycles. The summed E-state index contributed by atoms with van der Waals surface area (Å²) < 4.78 is 13.8. The number of benzene rings is 8. The number of rotatable bonds is 4. The van der Waals surface area contributed by atoms with Crippen molar-refractivity contribution >= 4 is 65.4 Å². The van der Waals surface area contributed by atoms with Gasteiger partial charge in [0.2, 0.25) is 0 Å². The molecular weight excluding hydrogens is 707 g/mol. The quantitative estimate of drug-likeness (QED) is 0.176. The fourth-order valence-electron chi connectivity index (χ4n) is 10.2. The molecule has 1 aliphatic carbocycles. The summed E-state index contributed by atoms with van der Waals surface area (Å²) >= 11 is 0. The number of ether oxygens (including phenoxy) is 1. The second-order valence-corrected chi connectivity index (χ2v) is 15.6. The Morgan fingerprint density at radius 2 is 0.862 bits per heavy atom. The molecule has 58 heavy (non-hydrogen) atoms. The Hall–Kier alpha value is -7.56. The molecule has 3 aromatic heterocycles. The molecule has 2 unspecified atom stereocenters. The lowest BCUT2D eigenvalue weighted by Gasteiger charge is -2.14. The fourth-order valence-corrected chi connectivity index (χ4v) is 10.2. The SMILES string of the molecule is C1=CC2Oc3ccc4c(c3C2C=C1)c1ccc(-c2ccc3c(c2)c2c5c6ccccc6n(-c6ccccc6)c5ccc2n3-c2ccccc2)cc1n4-c1ccccc1. The first-order valence-electron chi connectivity index (χ1n) is 20.1. The van der Waals surface area contributed by atoms with Crippen molar-refractivity contribution in [2.24, 2.45) is 0 Å². The van der Waals surface area contributed by atoms with Gasteiger partial charge in [0.05, 0.1) is 33.1 Å². The van der Waals surface area contributed by atoms with Crippen molar-refractivity contribution < 1.29 is 4.74 Å². The second-order valence-electron chi connectivity index (χ2n) is 15.6. The van der Waals surface area contributed by atoms with E-state index in [2.05, 4.69) is 214 Å². The van der Waals surface area contributed by atoms with E-state index in [1.54, 1.807) is 0 Å². The van der Waals surface area contributed by atoms with Crippen LogP contribution in [-0.4, -0.2) is 19.8 Å². The lowest BCUT2D eigenvalue weighted by Crippen LogP contribution is -2.15. The molecular formula is C54H35N3O. The number of aromatic nitrogens is 3. The van der Waals surface area contributed by atoms with Crippen LogP contribution in [0.4, 0.5) is 0 Å². The Labute approximate surface area is 334 Å². The van der Waals surface area contributed by atoms with Crippen molar-refractivity contribution in [3.63, 3.8) is 0 Å². The number of hydrogen-bond donors (Lipinski definition) is 0. The number of hydrogen-bond acceptors (Lipinski definition) is 1. The Morgan fingerprint density at radius 3 is 1.57 bits per heavy atom. The molecule has 0 N–H and O–H groups in total. The van der Waals surface area contributed by atoms with Crippen LogP contribution in [0, 0.1) is 0 Å². The number of nitrogens with zero attached hydrogens (tertiary/aromatic N) is 3. The molecule has 0 spiro atoms. The summed E-state index contributed by atoms with van der Waals surface area (Å²) in [6, 6.07) is 64.3. The van der Waals surface area contributed by atoms with Gasteiger partial charge in [-0.3, -0.25) is 0 Å². The van der Waals surface area contributed by atoms with Crippen molar-refractivity contribution in [1.29, 1.82) is 0 Å². The second kappa shape index (κ2) is 12.0. The molecule has 0 bridgehead atoms. The molecule has 4 heteroatoms. The van der Waals surface area contributed by atoms with Gasteiger partial charge in [0.1, 0.15) is 11.9 Å². The first-order valence-corrected chi connectivity index (χ1v) is 20.1. The van der Waals surface area contributed by atoms with E-state index in [1.807, 2.05) is 0 Å². The minimum absolute atomic E-state index is 0.0259. The van der Waals surface area contributed by atoms with Gasteiger partial charge < -0.3 is 18.4 Å². The summed E-state index contributed by atoms with van der Waals surface area (Å²) in [6.45, 7) is 0. The number of fused-ring (bicyclic) bond motifs is 14. The molecule has 2 atom stereocenters. The van der Waals surface area contributed by atoms with Gasteiger partial charge in [-0.25, -0.2) is 0 Å². The van der Waals surface area contributed by atoms with Gasteiger partial charge in [0.25, 0.3) is 0 Å². The first-order chi connectivity index (χ1) is 28.8. The Balaban J connectivity index is 1.10. The van der Waals surface area contributed by atoms with Gasteiger partial charge in [-0.05, 0) is 102 Å². The monoisotopic (exact) mass is 741 g/mol. The Kier molecular flexibility index (Phi) is 6.53. The molecule has 0 radical (unpaired) electrons. The maximum absolute atomic E-state index is 6.52. The number of para-hydroxylation sites is 4. The van der Waals surface area contributed by atoms with Crippen LogP contribution in [0.25, 0.3) is 93.6 Å². The van der Waals surface area contributed by atoms with E-state index in [1.165, 1.54) is 82.1 Å². The van der Waals surface area contributed by atoms with Crippen molar-refractivity contribution in [2.45, 2.75) is 12.0 Å². The molecule has 13 rings (SSSR count). The molecule has 0 amide bonds. The third-order valence-corrected chi connectivity index (χ3v) is 12.6. The maximum Gasteiger partial charge on any atom is 0.128 e. The highest BCUT2D eigenvalue weighted by Gasteiger charge is 2.35. The van der Waals surface area contributed by atoms with E-state index >= 15 is 0 Å². The third-order valence-electron chi connectivity index (χ3n) is 12.6. The molecule has 0 saturated carbocycles. The molecule has 0 saturated heterocycles. The standard InChI is InChI=1S/C54H35N3O/c1-4-14-36(15-5-1)55-43-22-12-10-20-39(43)51-45(55)28-29-46-53(51)42-32-34(25-27-44(42)56(46)37-16-6-2-7-17-37)35-24-26-40-48(33-35)57(38-18-8-3-9-19-38)47-30-31-50-54(52(40)47)41-21-11-13-23-49(41)58-50/h1-33,41,49H. The molecule has 0 fully saturated rings. The zero-order chi connectivity index (χ0) is 37.9. The van der Waals surface area contributed by atoms with Crippen molar-refractivity contribution in [1.82, 2.24) is 13.7 Å². The van der Waals surface area contributed by atoms with Gasteiger partial charge in [0.15, 0.2) is 0 Å². The maximum atomic E-state index is 6.52. The zero-order valence-corrected chi connectivity index (χ0v) is 31.5. The average molecular weight is 742 g/mol. The zero-order valence-electron chi connectivity index (χ0n) is 31.5. The predicted octanol–water partition coefficient (Wildman–Crippen LogP) is 13.6. The van der Waals surface area contributed by atoms with Crippen molar-refractivity contribution in [2.75, 3.05) is 0 Å². The fraction of sp³-hybridized carbons (Fsp3) is 0.0370. The van der Waals surface area contributed by atoms with Gasteiger partial charge >= 0.3 is 0 Å². The molecule has 272 valence electrons.